The van der Waals surface area contributed by atoms with Crippen LogP contribution < -0.4 is 5.32 Å². The highest BCUT2D eigenvalue weighted by Crippen LogP contribution is 2.16. The van der Waals surface area contributed by atoms with E-state index in [1.165, 1.54) is 0 Å². The Hall–Kier alpha value is -1.06. The summed E-state index contributed by atoms with van der Waals surface area (Å²) in [4.78, 5) is 2.11. The van der Waals surface area contributed by atoms with E-state index in [2.05, 4.69) is 10.2 Å². The van der Waals surface area contributed by atoms with Gasteiger partial charge in [0.25, 0.3) is 0 Å². The van der Waals surface area contributed by atoms with Crippen molar-refractivity contribution >= 4 is 0 Å². The summed E-state index contributed by atoms with van der Waals surface area (Å²) in [7, 11) is 2.03. The normalized spacial score (nSPS) is 23.2. The zero-order valence-electron chi connectivity index (χ0n) is 6.59. The molecule has 0 aromatic rings. The van der Waals surface area contributed by atoms with E-state index in [0.29, 0.717) is 12.6 Å². The van der Waals surface area contributed by atoms with Gasteiger partial charge in [-0.2, -0.15) is 0 Å². The largest absolute Gasteiger partial charge is 0.461 e. The minimum Gasteiger partial charge on any atom is -0.461 e. The SMILES string of the molecule is CN1CCOC2=C1NCCO2. The summed E-state index contributed by atoms with van der Waals surface area (Å²) in [6, 6.07) is 0. The highest BCUT2D eigenvalue weighted by atomic mass is 16.7. The van der Waals surface area contributed by atoms with E-state index in [0.717, 1.165) is 25.5 Å². The highest BCUT2D eigenvalue weighted by Gasteiger charge is 2.22. The Bertz CT molecular complexity index is 187. The fraction of sp³-hybridized carbons (Fsp3) is 0.714. The molecule has 2 aliphatic rings. The summed E-state index contributed by atoms with van der Waals surface area (Å²) in [5.74, 6) is 1.65. The molecule has 62 valence electrons. The van der Waals surface area contributed by atoms with Crippen LogP contribution in [0.1, 0.15) is 0 Å². The number of ether oxygens (including phenoxy) is 2. The van der Waals surface area contributed by atoms with Crippen LogP contribution in [-0.2, 0) is 9.47 Å². The number of hydrogen-bond donors (Lipinski definition) is 1. The maximum absolute atomic E-state index is 5.31. The maximum Gasteiger partial charge on any atom is 0.321 e. The van der Waals surface area contributed by atoms with Crippen molar-refractivity contribution in [2.45, 2.75) is 0 Å². The molecule has 0 aromatic carbocycles. The van der Waals surface area contributed by atoms with E-state index in [1.807, 2.05) is 7.05 Å². The molecular weight excluding hydrogens is 144 g/mol. The smallest absolute Gasteiger partial charge is 0.321 e. The Morgan fingerprint density at radius 3 is 3.00 bits per heavy atom. The molecule has 4 nitrogen and oxygen atoms in total. The van der Waals surface area contributed by atoms with Crippen molar-refractivity contribution in [1.82, 2.24) is 10.2 Å². The molecule has 2 aliphatic heterocycles. The standard InChI is InChI=1S/C7H12N2O2/c1-9-3-5-11-7-6(9)8-2-4-10-7/h8H,2-5H2,1H3. The van der Waals surface area contributed by atoms with Crippen molar-refractivity contribution in [2.24, 2.45) is 0 Å². The minimum absolute atomic E-state index is 0.657. The summed E-state index contributed by atoms with van der Waals surface area (Å²) < 4.78 is 10.6. The molecule has 0 bridgehead atoms. The van der Waals surface area contributed by atoms with Crippen LogP contribution in [0.5, 0.6) is 0 Å². The molecule has 1 N–H and O–H groups in total. The third-order valence-corrected chi connectivity index (χ3v) is 1.86. The number of nitrogens with zero attached hydrogens (tertiary/aromatic N) is 1. The van der Waals surface area contributed by atoms with Gasteiger partial charge in [0.2, 0.25) is 0 Å². The first-order valence-electron chi connectivity index (χ1n) is 3.83. The number of nitrogens with one attached hydrogen (secondary N) is 1. The molecule has 2 rings (SSSR count). The summed E-state index contributed by atoms with van der Waals surface area (Å²) in [5.41, 5.74) is 0. The van der Waals surface area contributed by atoms with Gasteiger partial charge in [0, 0.05) is 7.05 Å². The van der Waals surface area contributed by atoms with Crippen LogP contribution in [0.15, 0.2) is 11.8 Å². The van der Waals surface area contributed by atoms with Gasteiger partial charge in [-0.1, -0.05) is 0 Å². The zero-order chi connectivity index (χ0) is 7.68. The predicted molar refractivity (Wildman–Crippen MR) is 39.6 cm³/mol. The van der Waals surface area contributed by atoms with Crippen LogP contribution in [0.3, 0.4) is 0 Å². The first-order valence-corrected chi connectivity index (χ1v) is 3.83. The molecule has 0 atom stereocenters. The third-order valence-electron chi connectivity index (χ3n) is 1.86. The van der Waals surface area contributed by atoms with Crippen LogP contribution in [-0.4, -0.2) is 38.3 Å². The van der Waals surface area contributed by atoms with E-state index in [1.54, 1.807) is 0 Å². The molecule has 11 heavy (non-hydrogen) atoms. The van der Waals surface area contributed by atoms with E-state index in [4.69, 9.17) is 9.47 Å². The first kappa shape index (κ1) is 6.64. The van der Waals surface area contributed by atoms with E-state index < -0.39 is 0 Å². The molecule has 0 saturated heterocycles. The minimum atomic E-state index is 0.657. The van der Waals surface area contributed by atoms with E-state index >= 15 is 0 Å². The molecule has 0 aliphatic carbocycles. The summed E-state index contributed by atoms with van der Waals surface area (Å²) in [6.45, 7) is 3.21. The second-order valence-electron chi connectivity index (χ2n) is 2.68. The van der Waals surface area contributed by atoms with Gasteiger partial charge in [-0.05, 0) is 0 Å². The maximum atomic E-state index is 5.31. The van der Waals surface area contributed by atoms with Crippen molar-refractivity contribution in [3.05, 3.63) is 11.8 Å². The molecule has 0 amide bonds. The summed E-state index contributed by atoms with van der Waals surface area (Å²) >= 11 is 0. The fourth-order valence-electron chi connectivity index (χ4n) is 1.24. The monoisotopic (exact) mass is 156 g/mol. The number of likely N-dealkylation sites (N-methyl/N-ethyl adjacent to an activating group) is 1. The Kier molecular flexibility index (Phi) is 1.52. The van der Waals surface area contributed by atoms with Gasteiger partial charge in [0.1, 0.15) is 13.2 Å². The van der Waals surface area contributed by atoms with Crippen LogP contribution >= 0.6 is 0 Å². The molecule has 0 fully saturated rings. The lowest BCUT2D eigenvalue weighted by atomic mass is 10.4. The summed E-state index contributed by atoms with van der Waals surface area (Å²) in [6.07, 6.45) is 0. The van der Waals surface area contributed by atoms with Crippen LogP contribution in [0.4, 0.5) is 0 Å². The molecular formula is C7H12N2O2. The zero-order valence-corrected chi connectivity index (χ0v) is 6.59. The molecule has 4 heteroatoms. The van der Waals surface area contributed by atoms with Crippen molar-refractivity contribution in [3.8, 4) is 0 Å². The van der Waals surface area contributed by atoms with Crippen molar-refractivity contribution in [3.63, 3.8) is 0 Å². The molecule has 2 heterocycles. The van der Waals surface area contributed by atoms with Crippen LogP contribution in [0.25, 0.3) is 0 Å². The second kappa shape index (κ2) is 2.53. The fourth-order valence-corrected chi connectivity index (χ4v) is 1.24. The van der Waals surface area contributed by atoms with Gasteiger partial charge in [-0.3, -0.25) is 0 Å². The molecule has 0 saturated carbocycles. The Morgan fingerprint density at radius 2 is 2.18 bits per heavy atom. The molecule has 0 unspecified atom stereocenters. The molecule has 0 radical (unpaired) electrons. The first-order chi connectivity index (χ1) is 5.38. The van der Waals surface area contributed by atoms with Crippen LogP contribution in [0.2, 0.25) is 0 Å². The quantitative estimate of drug-likeness (QED) is 0.522. The van der Waals surface area contributed by atoms with E-state index in [9.17, 15) is 0 Å². The lowest BCUT2D eigenvalue weighted by Crippen LogP contribution is -2.41. The molecule has 0 spiro atoms. The topological polar surface area (TPSA) is 33.7 Å². The van der Waals surface area contributed by atoms with Gasteiger partial charge >= 0.3 is 5.95 Å². The average Bonchev–Trinajstić information content (AvgIpc) is 2.06. The van der Waals surface area contributed by atoms with Crippen LogP contribution in [0, 0.1) is 0 Å². The third kappa shape index (κ3) is 1.08. The van der Waals surface area contributed by atoms with Crippen molar-refractivity contribution in [2.75, 3.05) is 33.4 Å². The second-order valence-corrected chi connectivity index (χ2v) is 2.68. The van der Waals surface area contributed by atoms with Gasteiger partial charge in [0.05, 0.1) is 13.1 Å². The van der Waals surface area contributed by atoms with Gasteiger partial charge in [-0.25, -0.2) is 0 Å². The average molecular weight is 156 g/mol. The predicted octanol–water partition coefficient (Wildman–Crippen LogP) is -0.305. The van der Waals surface area contributed by atoms with E-state index in [-0.39, 0.29) is 0 Å². The number of rotatable bonds is 0. The number of hydrogen-bond acceptors (Lipinski definition) is 4. The Balaban J connectivity index is 2.21. The molecule has 0 aromatic heterocycles. The lowest BCUT2D eigenvalue weighted by molar-refractivity contribution is -0.0154. The highest BCUT2D eigenvalue weighted by molar-refractivity contribution is 5.04. The van der Waals surface area contributed by atoms with Gasteiger partial charge < -0.3 is 19.7 Å². The Labute approximate surface area is 65.8 Å². The van der Waals surface area contributed by atoms with Crippen molar-refractivity contribution < 1.29 is 9.47 Å². The van der Waals surface area contributed by atoms with Crippen molar-refractivity contribution in [1.29, 1.82) is 0 Å². The van der Waals surface area contributed by atoms with Gasteiger partial charge in [-0.15, -0.1) is 0 Å². The van der Waals surface area contributed by atoms with Gasteiger partial charge in [0.15, 0.2) is 5.82 Å². The Morgan fingerprint density at radius 1 is 1.36 bits per heavy atom. The lowest BCUT2D eigenvalue weighted by Gasteiger charge is -2.32. The summed E-state index contributed by atoms with van der Waals surface area (Å²) in [5, 5.41) is 3.23.